The molecule has 2 aliphatic rings. The lowest BCUT2D eigenvalue weighted by atomic mass is 10.0. The van der Waals surface area contributed by atoms with Crippen LogP contribution in [-0.2, 0) is 20.9 Å². The lowest BCUT2D eigenvalue weighted by Crippen LogP contribution is -2.49. The van der Waals surface area contributed by atoms with Crippen molar-refractivity contribution in [3.63, 3.8) is 0 Å². The number of amides is 1. The van der Waals surface area contributed by atoms with Crippen LogP contribution in [0.2, 0.25) is 0 Å². The number of β-lactam (4-membered cyclic amide) rings is 1. The first-order valence-corrected chi connectivity index (χ1v) is 6.49. The molecule has 1 saturated heterocycles. The Bertz CT molecular complexity index is 650. The van der Waals surface area contributed by atoms with E-state index in [0.717, 1.165) is 0 Å². The molecule has 0 N–H and O–H groups in total. The molecule has 1 amide bonds. The quantitative estimate of drug-likeness (QED) is 0.363. The van der Waals surface area contributed by atoms with Crippen LogP contribution in [0, 0.1) is 10.1 Å². The molecule has 2 aliphatic heterocycles. The van der Waals surface area contributed by atoms with Gasteiger partial charge in [-0.3, -0.25) is 14.9 Å². The minimum atomic E-state index is -0.538. The summed E-state index contributed by atoms with van der Waals surface area (Å²) >= 11 is 0. The summed E-state index contributed by atoms with van der Waals surface area (Å²) in [6, 6.07) is 5.89. The molecule has 1 atom stereocenters. The molecule has 1 fully saturated rings. The molecule has 1 aromatic rings. The summed E-state index contributed by atoms with van der Waals surface area (Å²) in [4.78, 5) is 34.9. The van der Waals surface area contributed by atoms with Crippen molar-refractivity contribution < 1.29 is 19.2 Å². The van der Waals surface area contributed by atoms with Gasteiger partial charge in [-0.15, -0.1) is 0 Å². The highest BCUT2D eigenvalue weighted by molar-refractivity contribution is 5.98. The number of carbonyl (C=O) groups is 2. The minimum Gasteiger partial charge on any atom is -0.456 e. The molecule has 0 spiro atoms. The zero-order valence-corrected chi connectivity index (χ0v) is 11.0. The van der Waals surface area contributed by atoms with Crippen LogP contribution >= 0.6 is 0 Å². The molecule has 0 bridgehead atoms. The van der Waals surface area contributed by atoms with Crippen LogP contribution in [0.4, 0.5) is 5.69 Å². The summed E-state index contributed by atoms with van der Waals surface area (Å²) < 4.78 is 5.14. The molecule has 21 heavy (non-hydrogen) atoms. The molecule has 2 heterocycles. The number of carbonyl (C=O) groups excluding carboxylic acids is 2. The Morgan fingerprint density at radius 2 is 2.10 bits per heavy atom. The summed E-state index contributed by atoms with van der Waals surface area (Å²) in [7, 11) is 0. The predicted molar refractivity (Wildman–Crippen MR) is 70.8 cm³/mol. The third kappa shape index (κ3) is 2.37. The fourth-order valence-corrected chi connectivity index (χ4v) is 2.47. The van der Waals surface area contributed by atoms with Crippen LogP contribution in [-0.4, -0.2) is 27.7 Å². The number of nitro groups is 1. The maximum absolute atomic E-state index is 11.9. The molecule has 0 saturated carbocycles. The van der Waals surface area contributed by atoms with Crippen molar-refractivity contribution in [2.75, 3.05) is 0 Å². The van der Waals surface area contributed by atoms with Crippen LogP contribution < -0.4 is 0 Å². The Morgan fingerprint density at radius 1 is 1.38 bits per heavy atom. The molecule has 0 radical (unpaired) electrons. The Morgan fingerprint density at radius 3 is 2.71 bits per heavy atom. The number of nitro benzene ring substituents is 1. The van der Waals surface area contributed by atoms with Crippen LogP contribution in [0.3, 0.4) is 0 Å². The molecule has 0 aromatic heterocycles. The van der Waals surface area contributed by atoms with Gasteiger partial charge in [0.25, 0.3) is 5.69 Å². The average molecular weight is 288 g/mol. The largest absolute Gasteiger partial charge is 0.456 e. The highest BCUT2D eigenvalue weighted by Crippen LogP contribution is 2.34. The van der Waals surface area contributed by atoms with Gasteiger partial charge in [-0.1, -0.05) is 6.08 Å². The fourth-order valence-electron chi connectivity index (χ4n) is 2.47. The molecule has 1 aromatic carbocycles. The van der Waals surface area contributed by atoms with Crippen LogP contribution in [0.1, 0.15) is 18.4 Å². The number of hydrogen-bond acceptors (Lipinski definition) is 5. The number of nitrogens with zero attached hydrogens (tertiary/aromatic N) is 2. The second kappa shape index (κ2) is 5.01. The van der Waals surface area contributed by atoms with Gasteiger partial charge in [0.1, 0.15) is 12.3 Å². The summed E-state index contributed by atoms with van der Waals surface area (Å²) in [5.41, 5.74) is 0.940. The molecule has 3 rings (SSSR count). The van der Waals surface area contributed by atoms with Crippen molar-refractivity contribution in [1.82, 2.24) is 4.90 Å². The summed E-state index contributed by atoms with van der Waals surface area (Å²) in [6.07, 6.45) is 2.89. The monoisotopic (exact) mass is 288 g/mol. The Labute approximate surface area is 119 Å². The van der Waals surface area contributed by atoms with Gasteiger partial charge in [-0.2, -0.15) is 0 Å². The fraction of sp³-hybridized carbons (Fsp3) is 0.286. The smallest absolute Gasteiger partial charge is 0.355 e. The van der Waals surface area contributed by atoms with Crippen molar-refractivity contribution >= 4 is 17.6 Å². The molecule has 108 valence electrons. The van der Waals surface area contributed by atoms with E-state index in [-0.39, 0.29) is 24.2 Å². The van der Waals surface area contributed by atoms with Gasteiger partial charge >= 0.3 is 5.97 Å². The maximum atomic E-state index is 11.9. The third-order valence-electron chi connectivity index (χ3n) is 3.61. The summed E-state index contributed by atoms with van der Waals surface area (Å²) in [5, 5.41) is 10.5. The summed E-state index contributed by atoms with van der Waals surface area (Å²) in [6.45, 7) is 0.0147. The minimum absolute atomic E-state index is 0.0147. The highest BCUT2D eigenvalue weighted by Gasteiger charge is 2.44. The van der Waals surface area contributed by atoms with E-state index in [2.05, 4.69) is 0 Å². The Balaban J connectivity index is 1.59. The van der Waals surface area contributed by atoms with Crippen molar-refractivity contribution in [2.45, 2.75) is 25.5 Å². The SMILES string of the molecule is O=C(OCc1ccc([N+](=O)[O-])cc1)C1=CC[C@H]2CC(=O)N12. The zero-order chi connectivity index (χ0) is 15.0. The van der Waals surface area contributed by atoms with Gasteiger partial charge in [-0.05, 0) is 24.1 Å². The van der Waals surface area contributed by atoms with Crippen molar-refractivity contribution in [2.24, 2.45) is 0 Å². The highest BCUT2D eigenvalue weighted by atomic mass is 16.6. The van der Waals surface area contributed by atoms with E-state index in [0.29, 0.717) is 24.1 Å². The number of fused-ring (bicyclic) bond motifs is 1. The number of ether oxygens (including phenoxy) is 1. The van der Waals surface area contributed by atoms with Gasteiger partial charge < -0.3 is 9.64 Å². The number of esters is 1. The lowest BCUT2D eigenvalue weighted by molar-refractivity contribution is -0.384. The number of benzene rings is 1. The number of non-ortho nitro benzene ring substituents is 1. The molecule has 7 nitrogen and oxygen atoms in total. The maximum Gasteiger partial charge on any atom is 0.355 e. The van der Waals surface area contributed by atoms with E-state index in [9.17, 15) is 19.7 Å². The predicted octanol–water partition coefficient (Wildman–Crippen LogP) is 1.53. The van der Waals surface area contributed by atoms with Gasteiger partial charge in [0.05, 0.1) is 4.92 Å². The second-order valence-corrected chi connectivity index (χ2v) is 4.95. The Kier molecular flexibility index (Phi) is 3.17. The molecular weight excluding hydrogens is 276 g/mol. The van der Waals surface area contributed by atoms with Crippen molar-refractivity contribution in [1.29, 1.82) is 0 Å². The molecular formula is C14H12N2O5. The summed E-state index contributed by atoms with van der Waals surface area (Å²) in [5.74, 6) is -0.597. The van der Waals surface area contributed by atoms with E-state index < -0.39 is 10.9 Å². The second-order valence-electron chi connectivity index (χ2n) is 4.95. The average Bonchev–Trinajstić information content (AvgIpc) is 2.82. The van der Waals surface area contributed by atoms with E-state index in [1.807, 2.05) is 0 Å². The van der Waals surface area contributed by atoms with Gasteiger partial charge in [0.15, 0.2) is 0 Å². The topological polar surface area (TPSA) is 89.7 Å². The molecule has 0 aliphatic carbocycles. The standard InChI is InChI=1S/C14H12N2O5/c17-13-7-11-5-6-12(15(11)13)14(18)21-8-9-1-3-10(4-2-9)16(19)20/h1-4,6,11H,5,7-8H2/t11-/m0/s1. The Hall–Kier alpha value is -2.70. The van der Waals surface area contributed by atoms with Gasteiger partial charge in [0.2, 0.25) is 5.91 Å². The van der Waals surface area contributed by atoms with E-state index in [1.54, 1.807) is 6.08 Å². The van der Waals surface area contributed by atoms with E-state index in [4.69, 9.17) is 4.74 Å². The van der Waals surface area contributed by atoms with Gasteiger partial charge in [-0.25, -0.2) is 4.79 Å². The van der Waals surface area contributed by atoms with Crippen LogP contribution in [0.5, 0.6) is 0 Å². The van der Waals surface area contributed by atoms with Crippen molar-refractivity contribution in [3.05, 3.63) is 51.7 Å². The first-order valence-electron chi connectivity index (χ1n) is 6.49. The lowest BCUT2D eigenvalue weighted by Gasteiger charge is -2.35. The third-order valence-corrected chi connectivity index (χ3v) is 3.61. The zero-order valence-electron chi connectivity index (χ0n) is 11.0. The number of rotatable bonds is 4. The van der Waals surface area contributed by atoms with E-state index in [1.165, 1.54) is 29.2 Å². The molecule has 0 unspecified atom stereocenters. The van der Waals surface area contributed by atoms with Gasteiger partial charge in [0, 0.05) is 24.6 Å². The first kappa shape index (κ1) is 13.3. The molecule has 7 heteroatoms. The number of hydrogen-bond donors (Lipinski definition) is 0. The first-order chi connectivity index (χ1) is 10.1. The van der Waals surface area contributed by atoms with E-state index >= 15 is 0 Å². The van der Waals surface area contributed by atoms with Crippen LogP contribution in [0.15, 0.2) is 36.0 Å². The van der Waals surface area contributed by atoms with Crippen molar-refractivity contribution in [3.8, 4) is 0 Å². The van der Waals surface area contributed by atoms with Crippen LogP contribution in [0.25, 0.3) is 0 Å². The normalized spacial score (nSPS) is 19.6.